The molecule has 0 rings (SSSR count). The molecule has 0 radical (unpaired) electrons. The van der Waals surface area contributed by atoms with Crippen molar-refractivity contribution in [3.8, 4) is 0 Å². The van der Waals surface area contributed by atoms with E-state index in [1.165, 1.54) is 0 Å². The standard InChI is InChI=1S/C30H55N5O9/c1-10-11-19-42-26(39)21(15-12-13-18-31-27(40)43-29(4,5)6)32-25(38)24(20(2)3)33-22(36)16-14-17-23(37)34-35-28(41)44-30(7,8)9/h20-21,24H,10-19H2,1-9H3,(H,31,40)(H,32,38)(H,33,36)(H,34,37)(H,35,41)/t21-,24-/m0/s1. The quantitative estimate of drug-likeness (QED) is 0.0695. The van der Waals surface area contributed by atoms with Crippen LogP contribution in [0.25, 0.3) is 0 Å². The molecule has 44 heavy (non-hydrogen) atoms. The van der Waals surface area contributed by atoms with Crippen LogP contribution in [0.3, 0.4) is 0 Å². The predicted molar refractivity (Wildman–Crippen MR) is 164 cm³/mol. The number of carbonyl (C=O) groups excluding carboxylic acids is 6. The average molecular weight is 630 g/mol. The van der Waals surface area contributed by atoms with Gasteiger partial charge in [0.05, 0.1) is 6.61 Å². The lowest BCUT2D eigenvalue weighted by molar-refractivity contribution is -0.148. The molecule has 0 aromatic heterocycles. The first-order valence-corrected chi connectivity index (χ1v) is 15.4. The van der Waals surface area contributed by atoms with Crippen molar-refractivity contribution in [1.29, 1.82) is 0 Å². The van der Waals surface area contributed by atoms with Gasteiger partial charge in [0.15, 0.2) is 0 Å². The summed E-state index contributed by atoms with van der Waals surface area (Å²) in [6.07, 6.45) is 1.60. The number of rotatable bonds is 17. The van der Waals surface area contributed by atoms with Gasteiger partial charge in [-0.15, -0.1) is 0 Å². The van der Waals surface area contributed by atoms with Crippen LogP contribution < -0.4 is 26.8 Å². The molecule has 0 saturated heterocycles. The molecule has 0 aromatic carbocycles. The van der Waals surface area contributed by atoms with Gasteiger partial charge in [-0.05, 0) is 79.6 Å². The highest BCUT2D eigenvalue weighted by Gasteiger charge is 2.29. The first-order chi connectivity index (χ1) is 20.3. The Labute approximate surface area is 261 Å². The highest BCUT2D eigenvalue weighted by molar-refractivity contribution is 5.91. The number of ether oxygens (including phenoxy) is 3. The Morgan fingerprint density at radius 2 is 1.30 bits per heavy atom. The van der Waals surface area contributed by atoms with Crippen molar-refractivity contribution in [2.24, 2.45) is 5.92 Å². The zero-order chi connectivity index (χ0) is 33.9. The number of hydrazine groups is 1. The molecule has 0 aliphatic rings. The van der Waals surface area contributed by atoms with Crippen LogP contribution >= 0.6 is 0 Å². The molecule has 0 bridgehead atoms. The third kappa shape index (κ3) is 21.2. The van der Waals surface area contributed by atoms with E-state index in [-0.39, 0.29) is 38.2 Å². The molecule has 0 spiro atoms. The zero-order valence-corrected chi connectivity index (χ0v) is 28.0. The minimum Gasteiger partial charge on any atom is -0.464 e. The number of amides is 5. The number of hydrogen-bond acceptors (Lipinski definition) is 9. The fraction of sp³-hybridized carbons (Fsp3) is 0.800. The summed E-state index contributed by atoms with van der Waals surface area (Å²) in [7, 11) is 0. The van der Waals surface area contributed by atoms with Gasteiger partial charge in [-0.1, -0.05) is 27.2 Å². The normalized spacial score (nSPS) is 12.8. The lowest BCUT2D eigenvalue weighted by Crippen LogP contribution is -2.54. The second kappa shape index (κ2) is 20.4. The molecule has 254 valence electrons. The molecular weight excluding hydrogens is 574 g/mol. The fourth-order valence-corrected chi connectivity index (χ4v) is 3.58. The van der Waals surface area contributed by atoms with Crippen LogP contribution in [0.4, 0.5) is 9.59 Å². The van der Waals surface area contributed by atoms with Crippen molar-refractivity contribution >= 4 is 35.9 Å². The first kappa shape index (κ1) is 40.4. The average Bonchev–Trinajstić information content (AvgIpc) is 2.87. The smallest absolute Gasteiger partial charge is 0.426 e. The summed E-state index contributed by atoms with van der Waals surface area (Å²) in [5, 5.41) is 8.07. The van der Waals surface area contributed by atoms with Gasteiger partial charge in [0.25, 0.3) is 0 Å². The number of hydrogen-bond donors (Lipinski definition) is 5. The second-order valence-electron chi connectivity index (χ2n) is 12.8. The van der Waals surface area contributed by atoms with Gasteiger partial charge >= 0.3 is 18.2 Å². The second-order valence-corrected chi connectivity index (χ2v) is 12.8. The van der Waals surface area contributed by atoms with Crippen LogP contribution in [0, 0.1) is 5.92 Å². The summed E-state index contributed by atoms with van der Waals surface area (Å²) in [6, 6.07) is -1.86. The summed E-state index contributed by atoms with van der Waals surface area (Å²) >= 11 is 0. The first-order valence-electron chi connectivity index (χ1n) is 15.4. The van der Waals surface area contributed by atoms with Crippen molar-refractivity contribution in [3.63, 3.8) is 0 Å². The summed E-state index contributed by atoms with van der Waals surface area (Å²) in [6.45, 7) is 16.4. The maximum absolute atomic E-state index is 13.2. The molecule has 2 atom stereocenters. The van der Waals surface area contributed by atoms with Gasteiger partial charge in [-0.3, -0.25) is 19.8 Å². The lowest BCUT2D eigenvalue weighted by atomic mass is 10.0. The van der Waals surface area contributed by atoms with Gasteiger partial charge in [0, 0.05) is 19.4 Å². The number of alkyl carbamates (subject to hydrolysis) is 1. The van der Waals surface area contributed by atoms with Gasteiger partial charge < -0.3 is 30.2 Å². The highest BCUT2D eigenvalue weighted by Crippen LogP contribution is 2.10. The zero-order valence-electron chi connectivity index (χ0n) is 28.0. The van der Waals surface area contributed by atoms with E-state index in [9.17, 15) is 28.8 Å². The Balaban J connectivity index is 4.93. The maximum Gasteiger partial charge on any atom is 0.426 e. The van der Waals surface area contributed by atoms with Crippen molar-refractivity contribution in [2.75, 3.05) is 13.2 Å². The van der Waals surface area contributed by atoms with Crippen LogP contribution in [0.1, 0.15) is 114 Å². The van der Waals surface area contributed by atoms with Crippen molar-refractivity contribution < 1.29 is 43.0 Å². The molecule has 0 aliphatic heterocycles. The Hall–Kier alpha value is -3.58. The topological polar surface area (TPSA) is 190 Å². The number of carbonyl (C=O) groups is 6. The number of esters is 1. The SMILES string of the molecule is CCCCOC(=O)[C@H](CCCCNC(=O)OC(C)(C)C)NC(=O)[C@@H](NC(=O)CCCC(=O)NNC(=O)OC(C)(C)C)C(C)C. The van der Waals surface area contributed by atoms with E-state index < -0.39 is 59.2 Å². The molecular formula is C30H55N5O9. The van der Waals surface area contributed by atoms with E-state index in [1.807, 2.05) is 6.92 Å². The molecule has 5 N–H and O–H groups in total. The van der Waals surface area contributed by atoms with Gasteiger partial charge in [0.1, 0.15) is 23.3 Å². The van der Waals surface area contributed by atoms with Crippen LogP contribution in [-0.4, -0.2) is 72.3 Å². The molecule has 0 aromatic rings. The van der Waals surface area contributed by atoms with Gasteiger partial charge in [0.2, 0.25) is 17.7 Å². The molecule has 0 heterocycles. The van der Waals surface area contributed by atoms with Gasteiger partial charge in [-0.25, -0.2) is 19.8 Å². The summed E-state index contributed by atoms with van der Waals surface area (Å²) in [5.74, 6) is -2.34. The summed E-state index contributed by atoms with van der Waals surface area (Å²) in [5.41, 5.74) is 3.02. The maximum atomic E-state index is 13.2. The third-order valence-corrected chi connectivity index (χ3v) is 5.71. The monoisotopic (exact) mass is 629 g/mol. The van der Waals surface area contributed by atoms with Crippen LogP contribution in [-0.2, 0) is 33.4 Å². The Morgan fingerprint density at radius 1 is 0.705 bits per heavy atom. The third-order valence-electron chi connectivity index (χ3n) is 5.71. The fourth-order valence-electron chi connectivity index (χ4n) is 3.58. The largest absolute Gasteiger partial charge is 0.464 e. The Bertz CT molecular complexity index is 942. The van der Waals surface area contributed by atoms with E-state index in [1.54, 1.807) is 55.4 Å². The van der Waals surface area contributed by atoms with E-state index in [0.717, 1.165) is 6.42 Å². The minimum atomic E-state index is -0.930. The van der Waals surface area contributed by atoms with E-state index in [4.69, 9.17) is 14.2 Å². The lowest BCUT2D eigenvalue weighted by Gasteiger charge is -2.25. The van der Waals surface area contributed by atoms with E-state index in [0.29, 0.717) is 25.8 Å². The Kier molecular flexibility index (Phi) is 18.7. The molecule has 5 amide bonds. The molecule has 0 unspecified atom stereocenters. The Morgan fingerprint density at radius 3 is 1.86 bits per heavy atom. The molecule has 0 aliphatic carbocycles. The number of nitrogens with one attached hydrogen (secondary N) is 5. The van der Waals surface area contributed by atoms with Gasteiger partial charge in [-0.2, -0.15) is 0 Å². The van der Waals surface area contributed by atoms with Crippen LogP contribution in [0.15, 0.2) is 0 Å². The molecule has 14 heteroatoms. The highest BCUT2D eigenvalue weighted by atomic mass is 16.6. The summed E-state index contributed by atoms with van der Waals surface area (Å²) < 4.78 is 15.6. The van der Waals surface area contributed by atoms with Crippen LogP contribution in [0.2, 0.25) is 0 Å². The molecule has 0 fully saturated rings. The van der Waals surface area contributed by atoms with Crippen molar-refractivity contribution in [1.82, 2.24) is 26.8 Å². The minimum absolute atomic E-state index is 0.0382. The van der Waals surface area contributed by atoms with E-state index in [2.05, 4.69) is 26.8 Å². The number of unbranched alkanes of at least 4 members (excludes halogenated alkanes) is 2. The molecule has 14 nitrogen and oxygen atoms in total. The van der Waals surface area contributed by atoms with Crippen molar-refractivity contribution in [3.05, 3.63) is 0 Å². The predicted octanol–water partition coefficient (Wildman–Crippen LogP) is 3.38. The van der Waals surface area contributed by atoms with Crippen molar-refractivity contribution in [2.45, 2.75) is 137 Å². The van der Waals surface area contributed by atoms with E-state index >= 15 is 0 Å². The summed E-state index contributed by atoms with van der Waals surface area (Å²) in [4.78, 5) is 74.0. The molecule has 0 saturated carbocycles. The van der Waals surface area contributed by atoms with Crippen LogP contribution in [0.5, 0.6) is 0 Å².